The van der Waals surface area contributed by atoms with Crippen LogP contribution >= 0.6 is 0 Å². The molecule has 15 aromatic carbocycles. The lowest BCUT2D eigenvalue weighted by Gasteiger charge is -2.47. The first-order chi connectivity index (χ1) is 58.0. The van der Waals surface area contributed by atoms with Gasteiger partial charge in [-0.2, -0.15) is 0 Å². The highest BCUT2D eigenvalue weighted by Gasteiger charge is 2.45. The molecule has 1 aliphatic carbocycles. The van der Waals surface area contributed by atoms with E-state index in [1.165, 1.54) is 0 Å². The normalized spacial score (nSPS) is 16.7. The fourth-order valence-electron chi connectivity index (χ4n) is 14.4. The van der Waals surface area contributed by atoms with Gasteiger partial charge in [-0.25, -0.2) is 0 Å². The summed E-state index contributed by atoms with van der Waals surface area (Å²) >= 11 is 0. The van der Waals surface area contributed by atoms with Gasteiger partial charge in [0, 0.05) is 39.7 Å². The van der Waals surface area contributed by atoms with E-state index >= 15 is 0 Å². The van der Waals surface area contributed by atoms with E-state index in [1.54, 1.807) is 21.9 Å². The Kier molecular flexibility index (Phi) is 8.69. The summed E-state index contributed by atoms with van der Waals surface area (Å²) < 4.78 is 253. The van der Waals surface area contributed by atoms with Gasteiger partial charge in [-0.3, -0.25) is 0 Å². The number of fused-ring (bicyclic) bond motifs is 6. The minimum absolute atomic E-state index is 0.00972. The molecule has 0 radical (unpaired) electrons. The van der Waals surface area contributed by atoms with Gasteiger partial charge in [-0.05, 0) is 149 Å². The van der Waals surface area contributed by atoms with Crippen molar-refractivity contribution >= 4 is 34.1 Å². The van der Waals surface area contributed by atoms with Gasteiger partial charge >= 0.3 is 0 Å². The van der Waals surface area contributed by atoms with Crippen LogP contribution in [0.25, 0.3) is 89.0 Å². The zero-order valence-corrected chi connectivity index (χ0v) is 50.4. The second-order valence-corrected chi connectivity index (χ2v) is 23.4. The van der Waals surface area contributed by atoms with Gasteiger partial charge in [0.2, 0.25) is 0 Å². The molecule has 0 saturated heterocycles. The summed E-state index contributed by atoms with van der Waals surface area (Å²) in [6, 6.07) is 41.0. The Morgan fingerprint density at radius 1 is 0.242 bits per heavy atom. The quantitative estimate of drug-likeness (QED) is 0.127. The van der Waals surface area contributed by atoms with Gasteiger partial charge in [-0.1, -0.05) is 327 Å². The minimum Gasteiger partial charge on any atom is -0.309 e. The molecule has 0 amide bonds. The van der Waals surface area contributed by atoms with E-state index in [-0.39, 0.29) is 28.3 Å². The SMILES string of the molecule is [2H]c1c([2H])c([2H])c(-c2c([2H])c([2H])c([2H])c(-c3c([2H])c([2H])c([2H])c([2H])c3[2H])c2N2c3ccc(-c4ccccc4-c4ccccc4)cc3C3c4cc(-c5ccccc5-c5ccccc5)ccc4N(c4c(-c5c([2H])c([2H])c([2H])c([2H])c5[2H])c([2H])c([2H])c([2H])c4-c4c([2H])c([2H])c([2H])c([2H])c4[2H])c4cc(C5c6ccccc6Cc6ccccc65)cc2c43)c([2H])c1[2H]. The fourth-order valence-corrected chi connectivity index (χ4v) is 14.4. The Morgan fingerprint density at radius 2 is 0.579 bits per heavy atom. The van der Waals surface area contributed by atoms with Crippen molar-refractivity contribution in [1.29, 1.82) is 0 Å². The van der Waals surface area contributed by atoms with Crippen LogP contribution in [-0.2, 0) is 6.42 Å². The Labute approximate surface area is 592 Å². The van der Waals surface area contributed by atoms with Crippen LogP contribution in [0.4, 0.5) is 34.1 Å². The highest BCUT2D eigenvalue weighted by Crippen LogP contribution is 2.65. The summed E-state index contributed by atoms with van der Waals surface area (Å²) in [5.41, 5.74) is 3.91. The maximum Gasteiger partial charge on any atom is 0.0630 e. The largest absolute Gasteiger partial charge is 0.309 e. The van der Waals surface area contributed by atoms with E-state index in [1.807, 2.05) is 194 Å². The first kappa shape index (κ1) is 35.1. The molecule has 2 aliphatic heterocycles. The van der Waals surface area contributed by atoms with Gasteiger partial charge < -0.3 is 9.80 Å². The maximum absolute atomic E-state index is 10.5. The molecule has 0 unspecified atom stereocenters. The zero-order valence-electron chi connectivity index (χ0n) is 76.4. The standard InChI is InChI=1S/C93H64N2/c1-7-29-62(30-8-1)73-43-23-25-45-75(73)70-53-55-85-83(58-70)90-84-59-71(76-46-26-24-44-74(76)63-31-9-2-10-32-63)54-56-86(84)95(93-81(66-37-15-5-16-38-66)51-28-52-82(93)67-39-17-6-18-40-67)88-61-72(89-77-47-21-19-41-68(77)57-69-42-20-22-48-78(69)89)60-87(91(88)90)94(85)92-79(64-33-11-3-12-34-64)49-27-50-80(92)65-35-13-4-14-36-65/h1-56,58-61,89-90H,57H2/i3D,4D,5D,6D,11D,12D,13D,14D,15D,16D,17D,18D,27D,28D,33D,34D,35D,36D,37D,38D,39D,40D,49D,50D,51D,52D. The second kappa shape index (κ2) is 23.5. The molecule has 18 rings (SSSR count). The lowest BCUT2D eigenvalue weighted by Crippen LogP contribution is -2.31. The third kappa shape index (κ3) is 9.56. The van der Waals surface area contributed by atoms with E-state index in [0.717, 1.165) is 44.5 Å². The van der Waals surface area contributed by atoms with Crippen LogP contribution in [0.5, 0.6) is 0 Å². The molecular formula is C93H64N2. The van der Waals surface area contributed by atoms with Gasteiger partial charge in [0.15, 0.2) is 0 Å². The molecule has 0 fully saturated rings. The summed E-state index contributed by atoms with van der Waals surface area (Å²) in [6.45, 7) is 0. The number of hydrogen-bond donors (Lipinski definition) is 0. The number of hydrogen-bond acceptors (Lipinski definition) is 2. The monoisotopic (exact) mass is 1230 g/mol. The summed E-state index contributed by atoms with van der Waals surface area (Å²) in [5, 5.41) is 0. The van der Waals surface area contributed by atoms with Crippen molar-refractivity contribution in [2.45, 2.75) is 18.3 Å². The predicted octanol–water partition coefficient (Wildman–Crippen LogP) is 24.9. The van der Waals surface area contributed by atoms with E-state index in [9.17, 15) is 30.2 Å². The van der Waals surface area contributed by atoms with E-state index in [4.69, 9.17) is 5.48 Å². The molecule has 2 nitrogen and oxygen atoms in total. The van der Waals surface area contributed by atoms with Crippen LogP contribution in [0.15, 0.2) is 363 Å². The van der Waals surface area contributed by atoms with Crippen LogP contribution in [0.1, 0.15) is 92.0 Å². The molecule has 2 heterocycles. The molecular weight excluding hydrogens is 1150 g/mol. The lowest BCUT2D eigenvalue weighted by atomic mass is 9.71. The van der Waals surface area contributed by atoms with Crippen molar-refractivity contribution in [3.63, 3.8) is 0 Å². The van der Waals surface area contributed by atoms with Crippen molar-refractivity contribution in [2.24, 2.45) is 0 Å². The van der Waals surface area contributed by atoms with Crippen LogP contribution in [0, 0.1) is 0 Å². The molecule has 0 N–H and O–H groups in total. The molecule has 0 spiro atoms. The second-order valence-electron chi connectivity index (χ2n) is 23.4. The third-order valence-electron chi connectivity index (χ3n) is 18.3. The molecule has 0 aromatic heterocycles. The van der Waals surface area contributed by atoms with Crippen LogP contribution < -0.4 is 9.80 Å². The van der Waals surface area contributed by atoms with Gasteiger partial charge in [0.1, 0.15) is 0 Å². The Morgan fingerprint density at radius 3 is 0.958 bits per heavy atom. The maximum atomic E-state index is 10.5. The van der Waals surface area contributed by atoms with Crippen LogP contribution in [-0.4, -0.2) is 0 Å². The highest BCUT2D eigenvalue weighted by atomic mass is 15.2. The molecule has 95 heavy (non-hydrogen) atoms. The fraction of sp³-hybridized carbons (Fsp3) is 0.0323. The van der Waals surface area contributed by atoms with Crippen molar-refractivity contribution < 1.29 is 35.6 Å². The summed E-state index contributed by atoms with van der Waals surface area (Å²) in [4.78, 5) is 3.10. The van der Waals surface area contributed by atoms with E-state index in [2.05, 4.69) is 0 Å². The number of rotatable bonds is 11. The summed E-state index contributed by atoms with van der Waals surface area (Å²) in [6.07, 6.45) is 0.425. The average Bonchev–Trinajstić information content (AvgIpc) is 0.676. The van der Waals surface area contributed by atoms with Gasteiger partial charge in [0.05, 0.1) is 69.8 Å². The molecule has 15 aromatic rings. The average molecular weight is 1240 g/mol. The molecule has 0 bridgehead atoms. The Bertz CT molecular complexity index is 6330. The number of anilines is 6. The Balaban J connectivity index is 1.14. The third-order valence-corrected chi connectivity index (χ3v) is 18.3. The Hall–Kier alpha value is -12.1. The molecule has 446 valence electrons. The smallest absolute Gasteiger partial charge is 0.0630 e. The zero-order chi connectivity index (χ0) is 85.4. The van der Waals surface area contributed by atoms with Crippen molar-refractivity contribution in [3.05, 3.63) is 408 Å². The summed E-state index contributed by atoms with van der Waals surface area (Å²) in [7, 11) is 0. The first-order valence-corrected chi connectivity index (χ1v) is 31.0. The van der Waals surface area contributed by atoms with Crippen molar-refractivity contribution in [1.82, 2.24) is 0 Å². The topological polar surface area (TPSA) is 6.48 Å². The van der Waals surface area contributed by atoms with Crippen LogP contribution in [0.3, 0.4) is 0 Å². The number of para-hydroxylation sites is 2. The minimum atomic E-state index is -1.24. The van der Waals surface area contributed by atoms with Gasteiger partial charge in [0.25, 0.3) is 0 Å². The van der Waals surface area contributed by atoms with E-state index < -0.39 is 225 Å². The predicted molar refractivity (Wildman–Crippen MR) is 397 cm³/mol. The molecule has 2 heteroatoms. The van der Waals surface area contributed by atoms with Crippen molar-refractivity contribution in [2.75, 3.05) is 9.80 Å². The van der Waals surface area contributed by atoms with E-state index in [0.29, 0.717) is 45.4 Å². The molecule has 0 saturated carbocycles. The first-order valence-electron chi connectivity index (χ1n) is 44.0. The highest BCUT2D eigenvalue weighted by molar-refractivity contribution is 6.07. The summed E-state index contributed by atoms with van der Waals surface area (Å²) in [5.74, 6) is -2.12. The van der Waals surface area contributed by atoms with Gasteiger partial charge in [-0.15, -0.1) is 0 Å². The number of nitrogens with zero attached hydrogens (tertiary/aromatic N) is 2. The molecule has 0 atom stereocenters. The lowest BCUT2D eigenvalue weighted by molar-refractivity contribution is 0.870. The van der Waals surface area contributed by atoms with Crippen LogP contribution in [0.2, 0.25) is 0 Å². The molecule has 3 aliphatic rings. The number of benzene rings is 15. The van der Waals surface area contributed by atoms with Crippen molar-refractivity contribution in [3.8, 4) is 89.0 Å².